The van der Waals surface area contributed by atoms with E-state index in [2.05, 4.69) is 34.6 Å². The van der Waals surface area contributed by atoms with Crippen molar-refractivity contribution in [2.24, 2.45) is 5.92 Å². The van der Waals surface area contributed by atoms with Gasteiger partial charge in [-0.15, -0.1) is 0 Å². The van der Waals surface area contributed by atoms with E-state index >= 15 is 0 Å². The molecule has 75 heavy (non-hydrogen) atoms. The van der Waals surface area contributed by atoms with Crippen LogP contribution in [0, 0.1) is 5.92 Å². The van der Waals surface area contributed by atoms with Gasteiger partial charge in [0.05, 0.1) is 26.4 Å². The molecular formula is C56H108O17P2. The predicted octanol–water partition coefficient (Wildman–Crippen LogP) is 14.7. The summed E-state index contributed by atoms with van der Waals surface area (Å²) in [5.74, 6) is -1.42. The van der Waals surface area contributed by atoms with Crippen LogP contribution in [0.25, 0.3) is 0 Å². The molecule has 0 amide bonds. The molecule has 0 saturated heterocycles. The maximum absolute atomic E-state index is 12.9. The fourth-order valence-electron chi connectivity index (χ4n) is 8.17. The highest BCUT2D eigenvalue weighted by molar-refractivity contribution is 7.47. The first kappa shape index (κ1) is 73.1. The van der Waals surface area contributed by atoms with Gasteiger partial charge < -0.3 is 33.8 Å². The first-order valence-electron chi connectivity index (χ1n) is 29.6. The second kappa shape index (κ2) is 50.3. The van der Waals surface area contributed by atoms with Crippen LogP contribution in [0.1, 0.15) is 272 Å². The van der Waals surface area contributed by atoms with Gasteiger partial charge in [-0.2, -0.15) is 0 Å². The van der Waals surface area contributed by atoms with Gasteiger partial charge in [0.15, 0.2) is 12.2 Å². The molecule has 0 rings (SSSR count). The summed E-state index contributed by atoms with van der Waals surface area (Å²) in [7, 11) is -9.86. The molecule has 5 atom stereocenters. The van der Waals surface area contributed by atoms with Crippen molar-refractivity contribution >= 4 is 39.5 Å². The van der Waals surface area contributed by atoms with Crippen LogP contribution in [0.3, 0.4) is 0 Å². The van der Waals surface area contributed by atoms with E-state index in [-0.39, 0.29) is 25.7 Å². The van der Waals surface area contributed by atoms with Crippen molar-refractivity contribution in [1.82, 2.24) is 0 Å². The molecule has 0 aliphatic rings. The maximum Gasteiger partial charge on any atom is 0.472 e. The van der Waals surface area contributed by atoms with E-state index in [0.29, 0.717) is 25.7 Å². The molecule has 19 heteroatoms. The Morgan fingerprint density at radius 3 is 0.907 bits per heavy atom. The summed E-state index contributed by atoms with van der Waals surface area (Å²) in [6.07, 6.45) is 31.1. The first-order chi connectivity index (χ1) is 36.0. The van der Waals surface area contributed by atoms with Crippen LogP contribution in [-0.4, -0.2) is 96.7 Å². The molecule has 0 spiro atoms. The summed E-state index contributed by atoms with van der Waals surface area (Å²) in [5.41, 5.74) is 0. The fourth-order valence-corrected chi connectivity index (χ4v) is 9.75. The minimum atomic E-state index is -4.93. The van der Waals surface area contributed by atoms with E-state index in [0.717, 1.165) is 109 Å². The SMILES string of the molecule is CCCCCCCCCCCCC(=O)OC[C@H](COP(=O)(O)OC[C@@H](O)COP(=O)(O)OC[C@@H](COC(=O)CCCCCCC)OC(=O)CCCCCCCCCC)OC(=O)CCCCCCCCCCCC(C)C. The van der Waals surface area contributed by atoms with Gasteiger partial charge in [-0.3, -0.25) is 37.3 Å². The van der Waals surface area contributed by atoms with E-state index in [1.54, 1.807) is 0 Å². The zero-order valence-electron chi connectivity index (χ0n) is 47.7. The van der Waals surface area contributed by atoms with Crippen LogP contribution in [0.2, 0.25) is 0 Å². The predicted molar refractivity (Wildman–Crippen MR) is 294 cm³/mol. The zero-order chi connectivity index (χ0) is 55.7. The third-order valence-electron chi connectivity index (χ3n) is 12.8. The van der Waals surface area contributed by atoms with Gasteiger partial charge >= 0.3 is 39.5 Å². The number of phosphoric ester groups is 2. The van der Waals surface area contributed by atoms with Crippen LogP contribution < -0.4 is 0 Å². The van der Waals surface area contributed by atoms with Crippen molar-refractivity contribution in [3.05, 3.63) is 0 Å². The number of carbonyl (C=O) groups is 4. The van der Waals surface area contributed by atoms with Crippen molar-refractivity contribution in [3.63, 3.8) is 0 Å². The molecular weight excluding hydrogens is 1010 g/mol. The highest BCUT2D eigenvalue weighted by Gasteiger charge is 2.30. The Bertz CT molecular complexity index is 1480. The van der Waals surface area contributed by atoms with Crippen molar-refractivity contribution < 1.29 is 80.2 Å². The Hall–Kier alpha value is -1.94. The number of unbranched alkanes of at least 4 members (excludes halogenated alkanes) is 28. The number of ether oxygens (including phenoxy) is 4. The van der Waals surface area contributed by atoms with Gasteiger partial charge in [-0.25, -0.2) is 9.13 Å². The largest absolute Gasteiger partial charge is 0.472 e. The number of aliphatic hydroxyl groups is 1. The number of phosphoric acid groups is 2. The highest BCUT2D eigenvalue weighted by atomic mass is 31.2. The van der Waals surface area contributed by atoms with E-state index in [4.69, 9.17) is 37.0 Å². The first-order valence-corrected chi connectivity index (χ1v) is 32.6. The molecule has 0 aromatic heterocycles. The average molecular weight is 1120 g/mol. The quantitative estimate of drug-likeness (QED) is 0.0222. The molecule has 2 unspecified atom stereocenters. The number of esters is 4. The molecule has 3 N–H and O–H groups in total. The lowest BCUT2D eigenvalue weighted by atomic mass is 10.0. The number of hydrogen-bond acceptors (Lipinski definition) is 15. The van der Waals surface area contributed by atoms with Crippen LogP contribution in [0.15, 0.2) is 0 Å². The minimum Gasteiger partial charge on any atom is -0.462 e. The van der Waals surface area contributed by atoms with Gasteiger partial charge in [0.2, 0.25) is 0 Å². The van der Waals surface area contributed by atoms with Crippen molar-refractivity contribution in [2.45, 2.75) is 291 Å². The monoisotopic (exact) mass is 1110 g/mol. The fraction of sp³-hybridized carbons (Fsp3) is 0.929. The average Bonchev–Trinajstić information content (AvgIpc) is 3.37. The lowest BCUT2D eigenvalue weighted by Crippen LogP contribution is -2.30. The van der Waals surface area contributed by atoms with Crippen molar-refractivity contribution in [3.8, 4) is 0 Å². The molecule has 0 heterocycles. The van der Waals surface area contributed by atoms with E-state index < -0.39 is 97.5 Å². The number of aliphatic hydroxyl groups excluding tert-OH is 1. The molecule has 0 radical (unpaired) electrons. The van der Waals surface area contributed by atoms with Gasteiger partial charge in [0.25, 0.3) is 0 Å². The molecule has 0 fully saturated rings. The third kappa shape index (κ3) is 51.3. The smallest absolute Gasteiger partial charge is 0.462 e. The Balaban J connectivity index is 5.18. The summed E-state index contributed by atoms with van der Waals surface area (Å²) >= 11 is 0. The Kier molecular flexibility index (Phi) is 49.0. The standard InChI is InChI=1S/C56H108O17P2/c1-6-9-12-15-17-19-22-26-30-35-40-54(59)67-46-52(73-56(61)42-37-32-27-23-20-21-24-29-33-38-49(4)5)48-71-75(64,65)69-44-50(57)43-68-74(62,63)70-47-51(45-66-53(58)39-34-28-14-11-8-3)72-55(60)41-36-31-25-18-16-13-10-7-2/h49-52,57H,6-48H2,1-5H3,(H,62,63)(H,64,65)/t50-,51+,52+/m0/s1. The number of carbonyl (C=O) groups excluding carboxylic acids is 4. The molecule has 0 aromatic rings. The summed E-state index contributed by atoms with van der Waals surface area (Å²) in [6, 6.07) is 0. The number of rotatable bonds is 56. The van der Waals surface area contributed by atoms with Gasteiger partial charge in [-0.1, -0.05) is 221 Å². The molecule has 0 aliphatic heterocycles. The van der Waals surface area contributed by atoms with E-state index in [9.17, 15) is 43.2 Å². The maximum atomic E-state index is 12.9. The summed E-state index contributed by atoms with van der Waals surface area (Å²) in [4.78, 5) is 71.5. The topological polar surface area (TPSA) is 237 Å². The molecule has 0 bridgehead atoms. The normalized spacial score (nSPS) is 14.5. The third-order valence-corrected chi connectivity index (χ3v) is 14.7. The van der Waals surface area contributed by atoms with Crippen molar-refractivity contribution in [1.29, 1.82) is 0 Å². The van der Waals surface area contributed by atoms with Crippen LogP contribution in [-0.2, 0) is 65.4 Å². The number of hydrogen-bond donors (Lipinski definition) is 3. The Morgan fingerprint density at radius 2 is 0.613 bits per heavy atom. The molecule has 0 aliphatic carbocycles. The van der Waals surface area contributed by atoms with Gasteiger partial charge in [0.1, 0.15) is 19.3 Å². The zero-order valence-corrected chi connectivity index (χ0v) is 49.5. The molecule has 0 saturated carbocycles. The van der Waals surface area contributed by atoms with Crippen LogP contribution >= 0.6 is 15.6 Å². The minimum absolute atomic E-state index is 0.104. The summed E-state index contributed by atoms with van der Waals surface area (Å²) in [6.45, 7) is 6.98. The Morgan fingerprint density at radius 1 is 0.360 bits per heavy atom. The second-order valence-electron chi connectivity index (χ2n) is 20.8. The highest BCUT2D eigenvalue weighted by Crippen LogP contribution is 2.45. The van der Waals surface area contributed by atoms with Gasteiger partial charge in [-0.05, 0) is 31.6 Å². The molecule has 0 aromatic carbocycles. The second-order valence-corrected chi connectivity index (χ2v) is 23.7. The molecule has 17 nitrogen and oxygen atoms in total. The van der Waals surface area contributed by atoms with E-state index in [1.165, 1.54) is 83.5 Å². The Labute approximate surface area is 454 Å². The lowest BCUT2D eigenvalue weighted by molar-refractivity contribution is -0.161. The van der Waals surface area contributed by atoms with Gasteiger partial charge in [0, 0.05) is 25.7 Å². The molecule has 444 valence electrons. The van der Waals surface area contributed by atoms with Crippen LogP contribution in [0.5, 0.6) is 0 Å². The lowest BCUT2D eigenvalue weighted by Gasteiger charge is -2.21. The van der Waals surface area contributed by atoms with Crippen molar-refractivity contribution in [2.75, 3.05) is 39.6 Å². The summed E-state index contributed by atoms with van der Waals surface area (Å²) < 4.78 is 67.4. The summed E-state index contributed by atoms with van der Waals surface area (Å²) in [5, 5.41) is 10.5. The van der Waals surface area contributed by atoms with Crippen LogP contribution in [0.4, 0.5) is 0 Å². The van der Waals surface area contributed by atoms with E-state index in [1.807, 2.05) is 0 Å².